The summed E-state index contributed by atoms with van der Waals surface area (Å²) in [7, 11) is 3.17. The van der Waals surface area contributed by atoms with Crippen LogP contribution in [0, 0.1) is 0 Å². The normalized spacial score (nSPS) is 13.8. The molecule has 0 heterocycles. The van der Waals surface area contributed by atoms with Crippen LogP contribution in [-0.2, 0) is 13.1 Å². The van der Waals surface area contributed by atoms with Crippen molar-refractivity contribution in [2.24, 2.45) is 10.2 Å². The zero-order chi connectivity index (χ0) is 27.9. The Kier molecular flexibility index (Phi) is 13.3. The molecule has 0 aromatic heterocycles. The second kappa shape index (κ2) is 16.4. The van der Waals surface area contributed by atoms with E-state index < -0.39 is 24.9 Å². The van der Waals surface area contributed by atoms with Crippen LogP contribution in [-0.4, -0.2) is 81.7 Å². The van der Waals surface area contributed by atoms with Crippen LogP contribution in [0.25, 0.3) is 0 Å². The molecule has 0 aliphatic carbocycles. The topological polar surface area (TPSA) is 172 Å². The van der Waals surface area contributed by atoms with Gasteiger partial charge in [0.15, 0.2) is 10.2 Å². The summed E-state index contributed by atoms with van der Waals surface area (Å²) >= 11 is 10.4. The van der Waals surface area contributed by atoms with Crippen LogP contribution in [0.5, 0.6) is 11.5 Å². The van der Waals surface area contributed by atoms with E-state index in [1.54, 1.807) is 14.2 Å². The lowest BCUT2D eigenvalue weighted by atomic mass is 10.0. The van der Waals surface area contributed by atoms with Crippen molar-refractivity contribution in [2.45, 2.75) is 31.4 Å². The van der Waals surface area contributed by atoms with Crippen LogP contribution in [0.4, 0.5) is 0 Å². The summed E-state index contributed by atoms with van der Waals surface area (Å²) in [4.78, 5) is 0. The van der Waals surface area contributed by atoms with Crippen LogP contribution < -0.4 is 31.0 Å². The molecule has 0 radical (unpaired) electrons. The first-order valence-electron chi connectivity index (χ1n) is 11.4. The molecule has 0 spiro atoms. The Morgan fingerprint density at radius 2 is 1.32 bits per heavy atom. The molecular weight excluding hydrogens is 532 g/mol. The van der Waals surface area contributed by atoms with Gasteiger partial charge in [0, 0.05) is 13.1 Å². The Labute approximate surface area is 231 Å². The Bertz CT molecular complexity index is 1080. The lowest BCUT2D eigenvalue weighted by molar-refractivity contribution is -0.0549. The first-order chi connectivity index (χ1) is 18.3. The third kappa shape index (κ3) is 10.5. The van der Waals surface area contributed by atoms with Crippen LogP contribution >= 0.6 is 24.4 Å². The number of aliphatic hydroxyl groups is 4. The highest BCUT2D eigenvalue weighted by Crippen LogP contribution is 2.11. The van der Waals surface area contributed by atoms with Gasteiger partial charge in [-0.2, -0.15) is 10.2 Å². The van der Waals surface area contributed by atoms with E-state index in [0.717, 1.165) is 28.8 Å². The van der Waals surface area contributed by atoms with Crippen LogP contribution in [0.2, 0.25) is 0 Å². The van der Waals surface area contributed by atoms with E-state index in [4.69, 9.17) is 39.0 Å². The molecule has 8 N–H and O–H groups in total. The molecule has 14 heteroatoms. The van der Waals surface area contributed by atoms with Gasteiger partial charge in [-0.25, -0.2) is 0 Å². The summed E-state index contributed by atoms with van der Waals surface area (Å²) in [6, 6.07) is 14.8. The maximum atomic E-state index is 10.5. The van der Waals surface area contributed by atoms with Crippen LogP contribution in [0.1, 0.15) is 11.1 Å². The van der Waals surface area contributed by atoms with E-state index in [1.807, 2.05) is 48.5 Å². The fourth-order valence-electron chi connectivity index (χ4n) is 2.87. The van der Waals surface area contributed by atoms with Gasteiger partial charge in [0.1, 0.15) is 35.5 Å². The molecule has 12 nitrogen and oxygen atoms in total. The van der Waals surface area contributed by atoms with E-state index in [0.29, 0.717) is 13.1 Å². The van der Waals surface area contributed by atoms with Gasteiger partial charge in [-0.15, -0.1) is 0 Å². The Hall–Kier alpha value is -3.40. The monoisotopic (exact) mass is 564 g/mol. The molecule has 2 aromatic carbocycles. The zero-order valence-corrected chi connectivity index (χ0v) is 22.5. The second-order valence-corrected chi connectivity index (χ2v) is 8.58. The van der Waals surface area contributed by atoms with Crippen LogP contribution in [0.15, 0.2) is 58.7 Å². The van der Waals surface area contributed by atoms with Crippen molar-refractivity contribution < 1.29 is 29.9 Å². The fraction of sp³-hybridized carbons (Fsp3) is 0.333. The number of rotatable bonds is 13. The molecule has 0 bridgehead atoms. The minimum absolute atomic E-state index is 0.126. The summed E-state index contributed by atoms with van der Waals surface area (Å²) in [6.07, 6.45) is -3.96. The quantitative estimate of drug-likeness (QED) is 0.0912. The first kappa shape index (κ1) is 30.8. The molecule has 2 rings (SSSR count). The molecule has 38 heavy (non-hydrogen) atoms. The number of hydrogen-bond acceptors (Lipinski definition) is 10. The number of ether oxygens (including phenoxy) is 2. The maximum absolute atomic E-state index is 10.5. The highest BCUT2D eigenvalue weighted by atomic mass is 32.1. The maximum Gasteiger partial charge on any atom is 0.187 e. The molecule has 0 fully saturated rings. The minimum atomic E-state index is -1.74. The molecule has 3 atom stereocenters. The summed E-state index contributed by atoms with van der Waals surface area (Å²) in [6.45, 7) is 0.0421. The van der Waals surface area contributed by atoms with E-state index in [-0.39, 0.29) is 15.9 Å². The van der Waals surface area contributed by atoms with E-state index in [1.165, 1.54) is 0 Å². The molecule has 2 aromatic rings. The van der Waals surface area contributed by atoms with Crippen molar-refractivity contribution in [1.29, 1.82) is 0 Å². The highest BCUT2D eigenvalue weighted by Gasteiger charge is 2.28. The number of nitrogens with one attached hydrogen (secondary N) is 4. The summed E-state index contributed by atoms with van der Waals surface area (Å²) in [5.41, 5.74) is 6.83. The molecular formula is C24H32N6O6S2. The Balaban J connectivity index is 1.97. The van der Waals surface area contributed by atoms with Crippen molar-refractivity contribution in [1.82, 2.24) is 21.5 Å². The van der Waals surface area contributed by atoms with E-state index in [9.17, 15) is 15.3 Å². The van der Waals surface area contributed by atoms with E-state index in [2.05, 4.69) is 31.7 Å². The number of aliphatic hydroxyl groups excluding tert-OH is 4. The number of hydrogen-bond donors (Lipinski definition) is 8. The first-order valence-corrected chi connectivity index (χ1v) is 12.2. The van der Waals surface area contributed by atoms with Gasteiger partial charge in [0.25, 0.3) is 0 Å². The lowest BCUT2D eigenvalue weighted by Gasteiger charge is -2.21. The molecule has 0 aliphatic heterocycles. The molecule has 0 saturated heterocycles. The molecule has 0 aliphatic rings. The number of hydrazone groups is 2. The molecule has 0 unspecified atom stereocenters. The largest absolute Gasteiger partial charge is 0.497 e. The number of nitrogens with zero attached hydrogens (tertiary/aromatic N) is 2. The van der Waals surface area contributed by atoms with Crippen molar-refractivity contribution in [2.75, 3.05) is 20.8 Å². The predicted octanol–water partition coefficient (Wildman–Crippen LogP) is -0.251. The third-order valence-electron chi connectivity index (χ3n) is 5.08. The Morgan fingerprint density at radius 3 is 1.76 bits per heavy atom. The SMILES string of the molecule is COc1ccc(CNC(=S)NN=CC(=NNC(=S)NCc2ccc(OC)cc2)[C@@H](O)[C@H](O)[C@H](O)CO)cc1. The van der Waals surface area contributed by atoms with Crippen LogP contribution in [0.3, 0.4) is 0 Å². The van der Waals surface area contributed by atoms with E-state index >= 15 is 0 Å². The minimum Gasteiger partial charge on any atom is -0.497 e. The number of methoxy groups -OCH3 is 2. The summed E-state index contributed by atoms with van der Waals surface area (Å²) in [5.74, 6) is 1.46. The van der Waals surface area contributed by atoms with Crippen molar-refractivity contribution >= 4 is 46.6 Å². The lowest BCUT2D eigenvalue weighted by Crippen LogP contribution is -2.45. The highest BCUT2D eigenvalue weighted by molar-refractivity contribution is 7.80. The van der Waals surface area contributed by atoms with Crippen molar-refractivity contribution in [3.8, 4) is 11.5 Å². The van der Waals surface area contributed by atoms with Gasteiger partial charge in [0.2, 0.25) is 0 Å². The second-order valence-electron chi connectivity index (χ2n) is 7.77. The number of benzene rings is 2. The van der Waals surface area contributed by atoms with Gasteiger partial charge in [-0.05, 0) is 59.8 Å². The average Bonchev–Trinajstić information content (AvgIpc) is 2.95. The smallest absolute Gasteiger partial charge is 0.187 e. The zero-order valence-electron chi connectivity index (χ0n) is 20.9. The molecule has 0 saturated carbocycles. The summed E-state index contributed by atoms with van der Waals surface area (Å²) in [5, 5.41) is 53.5. The average molecular weight is 565 g/mol. The summed E-state index contributed by atoms with van der Waals surface area (Å²) < 4.78 is 10.3. The fourth-order valence-corrected chi connectivity index (χ4v) is 3.11. The van der Waals surface area contributed by atoms with Crippen molar-refractivity contribution in [3.05, 3.63) is 59.7 Å². The van der Waals surface area contributed by atoms with Gasteiger partial charge in [0.05, 0.1) is 27.0 Å². The predicted molar refractivity (Wildman–Crippen MR) is 152 cm³/mol. The van der Waals surface area contributed by atoms with Gasteiger partial charge in [-0.1, -0.05) is 24.3 Å². The standard InChI is InChI=1S/C24H32N6O6S2/c1-35-17-7-3-15(4-8-17)11-25-23(37)29-27-13-19(21(33)22(34)20(32)14-31)28-30-24(38)26-12-16-5-9-18(36-2)10-6-16/h3-10,13,20-22,31-34H,11-12,14H2,1-2H3,(H2,25,29,37)(H2,26,30,38)/t20-,21-,22-/m1/s1. The van der Waals surface area contributed by atoms with Gasteiger partial charge in [-0.3, -0.25) is 10.9 Å². The van der Waals surface area contributed by atoms with Crippen molar-refractivity contribution in [3.63, 3.8) is 0 Å². The Morgan fingerprint density at radius 1 is 0.842 bits per heavy atom. The molecule has 0 amide bonds. The number of thiocarbonyl (C=S) groups is 2. The molecule has 206 valence electrons. The van der Waals surface area contributed by atoms with Gasteiger partial charge >= 0.3 is 0 Å². The third-order valence-corrected chi connectivity index (χ3v) is 5.55. The van der Waals surface area contributed by atoms with Gasteiger partial charge < -0.3 is 40.5 Å².